The van der Waals surface area contributed by atoms with Crippen LogP contribution >= 0.6 is 23.2 Å². The van der Waals surface area contributed by atoms with E-state index in [9.17, 15) is 4.39 Å². The molecule has 4 heteroatoms. The first-order chi connectivity index (χ1) is 10.1. The second kappa shape index (κ2) is 7.79. The molecule has 112 valence electrons. The Labute approximate surface area is 135 Å². The van der Waals surface area contributed by atoms with Crippen LogP contribution in [0.4, 0.5) is 4.39 Å². The van der Waals surface area contributed by atoms with Crippen LogP contribution in [0, 0.1) is 5.82 Å². The zero-order chi connectivity index (χ0) is 15.2. The number of hydrogen-bond acceptors (Lipinski definition) is 1. The zero-order valence-corrected chi connectivity index (χ0v) is 13.4. The van der Waals surface area contributed by atoms with Gasteiger partial charge in [0.15, 0.2) is 0 Å². The maximum atomic E-state index is 13.3. The number of hydrogen-bond donors (Lipinski definition) is 1. The number of rotatable bonds is 6. The first kappa shape index (κ1) is 16.3. The predicted molar refractivity (Wildman–Crippen MR) is 87.7 cm³/mol. The molecule has 0 bridgehead atoms. The molecule has 0 aliphatic rings. The summed E-state index contributed by atoms with van der Waals surface area (Å²) in [7, 11) is 0. The molecule has 2 rings (SSSR count). The maximum Gasteiger partial charge on any atom is 0.123 e. The van der Waals surface area contributed by atoms with Crippen molar-refractivity contribution in [3.05, 3.63) is 69.5 Å². The van der Waals surface area contributed by atoms with Crippen LogP contribution in [-0.4, -0.2) is 12.6 Å². The van der Waals surface area contributed by atoms with Crippen molar-refractivity contribution in [1.82, 2.24) is 5.32 Å². The lowest BCUT2D eigenvalue weighted by atomic mass is 9.99. The van der Waals surface area contributed by atoms with E-state index in [2.05, 4.69) is 12.2 Å². The zero-order valence-electron chi connectivity index (χ0n) is 11.9. The van der Waals surface area contributed by atoms with Gasteiger partial charge in [-0.2, -0.15) is 0 Å². The summed E-state index contributed by atoms with van der Waals surface area (Å²) >= 11 is 12.3. The molecule has 0 spiro atoms. The summed E-state index contributed by atoms with van der Waals surface area (Å²) in [5, 5.41) is 4.58. The Balaban J connectivity index is 2.13. The van der Waals surface area contributed by atoms with Gasteiger partial charge in [-0.15, -0.1) is 0 Å². The molecule has 0 saturated carbocycles. The molecule has 1 atom stereocenters. The molecule has 0 heterocycles. The van der Waals surface area contributed by atoms with E-state index in [4.69, 9.17) is 23.2 Å². The standard InChI is InChI=1S/C17H18Cl2FN/c1-2-21-15(10-12-5-3-7-14(20)9-12)11-13-6-4-8-16(18)17(13)19/h3-9,15,21H,2,10-11H2,1H3. The van der Waals surface area contributed by atoms with Gasteiger partial charge in [0.25, 0.3) is 0 Å². The molecule has 2 aromatic carbocycles. The number of nitrogens with one attached hydrogen (secondary N) is 1. The summed E-state index contributed by atoms with van der Waals surface area (Å²) in [6.07, 6.45) is 1.50. The summed E-state index contributed by atoms with van der Waals surface area (Å²) in [5.41, 5.74) is 1.98. The minimum Gasteiger partial charge on any atom is -0.314 e. The number of halogens is 3. The molecule has 0 aliphatic heterocycles. The minimum atomic E-state index is -0.205. The van der Waals surface area contributed by atoms with Gasteiger partial charge < -0.3 is 5.32 Å². The molecule has 1 nitrogen and oxygen atoms in total. The molecule has 0 fully saturated rings. The smallest absolute Gasteiger partial charge is 0.123 e. The summed E-state index contributed by atoms with van der Waals surface area (Å²) in [5.74, 6) is -0.205. The van der Waals surface area contributed by atoms with Crippen molar-refractivity contribution in [3.63, 3.8) is 0 Å². The van der Waals surface area contributed by atoms with Crippen molar-refractivity contribution < 1.29 is 4.39 Å². The van der Waals surface area contributed by atoms with Gasteiger partial charge in [0.05, 0.1) is 10.0 Å². The Hall–Kier alpha value is -1.09. The average Bonchev–Trinajstić information content (AvgIpc) is 2.44. The van der Waals surface area contributed by atoms with Gasteiger partial charge in [-0.1, -0.05) is 54.4 Å². The van der Waals surface area contributed by atoms with Crippen LogP contribution in [0.2, 0.25) is 10.0 Å². The molecule has 0 radical (unpaired) electrons. The highest BCUT2D eigenvalue weighted by Gasteiger charge is 2.13. The molecular weight excluding hydrogens is 308 g/mol. The third kappa shape index (κ3) is 4.70. The van der Waals surface area contributed by atoms with Crippen molar-refractivity contribution in [1.29, 1.82) is 0 Å². The van der Waals surface area contributed by atoms with E-state index in [1.807, 2.05) is 18.2 Å². The largest absolute Gasteiger partial charge is 0.314 e. The van der Waals surface area contributed by atoms with E-state index in [-0.39, 0.29) is 11.9 Å². The quantitative estimate of drug-likeness (QED) is 0.796. The summed E-state index contributed by atoms with van der Waals surface area (Å²) in [6, 6.07) is 12.5. The second-order valence-corrected chi connectivity index (χ2v) is 5.79. The SMILES string of the molecule is CCNC(Cc1cccc(F)c1)Cc1cccc(Cl)c1Cl. The molecule has 21 heavy (non-hydrogen) atoms. The van der Waals surface area contributed by atoms with Crippen molar-refractivity contribution in [2.75, 3.05) is 6.54 Å². The van der Waals surface area contributed by atoms with Gasteiger partial charge in [-0.05, 0) is 48.7 Å². The molecular formula is C17H18Cl2FN. The monoisotopic (exact) mass is 325 g/mol. The fraction of sp³-hybridized carbons (Fsp3) is 0.294. The van der Waals surface area contributed by atoms with Gasteiger partial charge >= 0.3 is 0 Å². The van der Waals surface area contributed by atoms with E-state index in [1.165, 1.54) is 6.07 Å². The summed E-state index contributed by atoms with van der Waals surface area (Å²) < 4.78 is 13.3. The van der Waals surface area contributed by atoms with E-state index >= 15 is 0 Å². The minimum absolute atomic E-state index is 0.188. The Morgan fingerprint density at radius 1 is 1.10 bits per heavy atom. The van der Waals surface area contributed by atoms with E-state index < -0.39 is 0 Å². The normalized spacial score (nSPS) is 12.4. The predicted octanol–water partition coefficient (Wildman–Crippen LogP) is 4.90. The summed E-state index contributed by atoms with van der Waals surface area (Å²) in [4.78, 5) is 0. The van der Waals surface area contributed by atoms with Gasteiger partial charge in [-0.25, -0.2) is 4.39 Å². The molecule has 0 saturated heterocycles. The van der Waals surface area contributed by atoms with E-state index in [0.717, 1.165) is 30.5 Å². The van der Waals surface area contributed by atoms with Gasteiger partial charge in [0, 0.05) is 6.04 Å². The molecule has 0 aromatic heterocycles. The Kier molecular flexibility index (Phi) is 6.04. The molecule has 0 amide bonds. The lowest BCUT2D eigenvalue weighted by molar-refractivity contribution is 0.519. The van der Waals surface area contributed by atoms with Gasteiger partial charge in [-0.3, -0.25) is 0 Å². The van der Waals surface area contributed by atoms with Crippen LogP contribution in [0.1, 0.15) is 18.1 Å². The van der Waals surface area contributed by atoms with Gasteiger partial charge in [0.2, 0.25) is 0 Å². The lowest BCUT2D eigenvalue weighted by Gasteiger charge is -2.19. The van der Waals surface area contributed by atoms with Crippen LogP contribution in [-0.2, 0) is 12.8 Å². The maximum absolute atomic E-state index is 13.3. The van der Waals surface area contributed by atoms with Crippen molar-refractivity contribution >= 4 is 23.2 Å². The number of likely N-dealkylation sites (N-methyl/N-ethyl adjacent to an activating group) is 1. The average molecular weight is 326 g/mol. The van der Waals surface area contributed by atoms with Crippen molar-refractivity contribution in [3.8, 4) is 0 Å². The van der Waals surface area contributed by atoms with Crippen LogP contribution in [0.25, 0.3) is 0 Å². The highest BCUT2D eigenvalue weighted by molar-refractivity contribution is 6.42. The topological polar surface area (TPSA) is 12.0 Å². The van der Waals surface area contributed by atoms with E-state index in [0.29, 0.717) is 10.0 Å². The highest BCUT2D eigenvalue weighted by Crippen LogP contribution is 2.26. The molecule has 1 N–H and O–H groups in total. The van der Waals surface area contributed by atoms with Gasteiger partial charge in [0.1, 0.15) is 5.82 Å². The van der Waals surface area contributed by atoms with Crippen molar-refractivity contribution in [2.24, 2.45) is 0 Å². The third-order valence-corrected chi connectivity index (χ3v) is 4.22. The fourth-order valence-corrected chi connectivity index (χ4v) is 2.82. The fourth-order valence-electron chi connectivity index (χ4n) is 2.43. The van der Waals surface area contributed by atoms with Crippen LogP contribution in [0.15, 0.2) is 42.5 Å². The van der Waals surface area contributed by atoms with E-state index in [1.54, 1.807) is 18.2 Å². The molecule has 1 unspecified atom stereocenters. The molecule has 2 aromatic rings. The first-order valence-electron chi connectivity index (χ1n) is 7.01. The second-order valence-electron chi connectivity index (χ2n) is 5.01. The van der Waals surface area contributed by atoms with Crippen LogP contribution in [0.3, 0.4) is 0 Å². The Morgan fingerprint density at radius 2 is 1.86 bits per heavy atom. The highest BCUT2D eigenvalue weighted by atomic mass is 35.5. The first-order valence-corrected chi connectivity index (χ1v) is 7.76. The van der Waals surface area contributed by atoms with Crippen LogP contribution in [0.5, 0.6) is 0 Å². The van der Waals surface area contributed by atoms with Crippen molar-refractivity contribution in [2.45, 2.75) is 25.8 Å². The Bertz CT molecular complexity index is 601. The molecule has 0 aliphatic carbocycles. The summed E-state index contributed by atoms with van der Waals surface area (Å²) in [6.45, 7) is 2.90. The van der Waals surface area contributed by atoms with Crippen LogP contribution < -0.4 is 5.32 Å². The number of benzene rings is 2. The lowest BCUT2D eigenvalue weighted by Crippen LogP contribution is -2.33. The third-order valence-electron chi connectivity index (χ3n) is 3.36. The Morgan fingerprint density at radius 3 is 2.57 bits per heavy atom.